The molecule has 2 unspecified atom stereocenters. The molecule has 0 fully saturated rings. The summed E-state index contributed by atoms with van der Waals surface area (Å²) in [5.41, 5.74) is 8.26. The van der Waals surface area contributed by atoms with Crippen molar-refractivity contribution in [3.8, 4) is 0 Å². The van der Waals surface area contributed by atoms with Crippen LogP contribution in [0.1, 0.15) is 40.2 Å². The number of aryl methyl sites for hydroxylation is 2. The highest BCUT2D eigenvalue weighted by molar-refractivity contribution is 5.87. The maximum absolute atomic E-state index is 4.40. The summed E-state index contributed by atoms with van der Waals surface area (Å²) < 4.78 is 2.60. The lowest BCUT2D eigenvalue weighted by molar-refractivity contribution is 0.0804. The predicted molar refractivity (Wildman–Crippen MR) is 105 cm³/mol. The molecule has 0 saturated heterocycles. The number of fused-ring (bicyclic) bond motifs is 3. The fraction of sp³-hybridized carbons (Fsp3) is 0.409. The van der Waals surface area contributed by atoms with Gasteiger partial charge in [-0.25, -0.2) is 0 Å². The van der Waals surface area contributed by atoms with Crippen molar-refractivity contribution < 1.29 is 0 Å². The summed E-state index contributed by atoms with van der Waals surface area (Å²) in [4.78, 5) is 9.44. The van der Waals surface area contributed by atoms with Crippen LogP contribution in [0.3, 0.4) is 0 Å². The van der Waals surface area contributed by atoms with Gasteiger partial charge in [0.15, 0.2) is 0 Å². The number of pyridine rings is 1. The molecule has 5 rings (SSSR count). The van der Waals surface area contributed by atoms with E-state index in [4.69, 9.17) is 0 Å². The highest BCUT2D eigenvalue weighted by Gasteiger charge is 2.39. The van der Waals surface area contributed by atoms with Crippen molar-refractivity contribution in [1.82, 2.24) is 19.4 Å². The molecule has 2 aliphatic heterocycles. The van der Waals surface area contributed by atoms with E-state index in [2.05, 4.69) is 77.6 Å². The van der Waals surface area contributed by atoms with E-state index in [0.29, 0.717) is 12.1 Å². The van der Waals surface area contributed by atoms with Gasteiger partial charge in [-0.05, 0) is 63.3 Å². The van der Waals surface area contributed by atoms with Gasteiger partial charge in [-0.3, -0.25) is 9.88 Å². The molecule has 26 heavy (non-hydrogen) atoms. The van der Waals surface area contributed by atoms with Crippen LogP contribution in [0.25, 0.3) is 10.9 Å². The number of likely N-dealkylation sites (N-methyl/N-ethyl adjacent to an activating group) is 2. The van der Waals surface area contributed by atoms with Gasteiger partial charge in [-0.1, -0.05) is 11.6 Å². The van der Waals surface area contributed by atoms with Crippen LogP contribution in [0.15, 0.2) is 36.5 Å². The molecule has 4 nitrogen and oxygen atoms in total. The van der Waals surface area contributed by atoms with Crippen LogP contribution in [0.5, 0.6) is 0 Å². The number of nitrogens with zero attached hydrogens (tertiary/aromatic N) is 4. The van der Waals surface area contributed by atoms with Crippen molar-refractivity contribution in [1.29, 1.82) is 0 Å². The second kappa shape index (κ2) is 5.66. The normalized spacial score (nSPS) is 23.4. The molecule has 3 aromatic rings. The van der Waals surface area contributed by atoms with Crippen molar-refractivity contribution in [2.24, 2.45) is 0 Å². The first-order valence-electron chi connectivity index (χ1n) is 9.47. The van der Waals surface area contributed by atoms with Crippen LogP contribution in [0, 0.1) is 13.8 Å². The van der Waals surface area contributed by atoms with Gasteiger partial charge in [0.1, 0.15) is 0 Å². The lowest BCUT2D eigenvalue weighted by Crippen LogP contribution is -2.45. The first kappa shape index (κ1) is 16.0. The lowest BCUT2D eigenvalue weighted by Gasteiger charge is -2.45. The van der Waals surface area contributed by atoms with Gasteiger partial charge in [0.25, 0.3) is 0 Å². The van der Waals surface area contributed by atoms with Gasteiger partial charge in [-0.15, -0.1) is 0 Å². The van der Waals surface area contributed by atoms with Gasteiger partial charge >= 0.3 is 0 Å². The molecule has 4 heterocycles. The number of aromatic nitrogens is 2. The van der Waals surface area contributed by atoms with Crippen LogP contribution in [-0.4, -0.2) is 40.0 Å². The highest BCUT2D eigenvalue weighted by atomic mass is 15.3. The Labute approximate surface area is 155 Å². The van der Waals surface area contributed by atoms with Crippen molar-refractivity contribution in [3.05, 3.63) is 64.6 Å². The molecule has 0 spiro atoms. The standard InChI is InChI=1S/C22H26N4/c1-14-5-6-19-17(9-14)18-11-24(3)12-21-22(18)26(19)13-20(25(21)4)16-7-8-23-15(2)10-16/h5-10,20-21H,11-13H2,1-4H3. The largest absolute Gasteiger partial charge is 0.341 e. The minimum atomic E-state index is 0.380. The van der Waals surface area contributed by atoms with Crippen molar-refractivity contribution in [2.45, 2.75) is 39.0 Å². The van der Waals surface area contributed by atoms with Crippen molar-refractivity contribution >= 4 is 10.9 Å². The Morgan fingerprint density at radius 1 is 1.00 bits per heavy atom. The average molecular weight is 346 g/mol. The summed E-state index contributed by atoms with van der Waals surface area (Å²) in [5.74, 6) is 0. The number of benzene rings is 1. The summed E-state index contributed by atoms with van der Waals surface area (Å²) in [6, 6.07) is 12.2. The van der Waals surface area contributed by atoms with Gasteiger partial charge in [-0.2, -0.15) is 0 Å². The third kappa shape index (κ3) is 2.25. The molecule has 0 saturated carbocycles. The first-order valence-corrected chi connectivity index (χ1v) is 9.47. The van der Waals surface area contributed by atoms with E-state index < -0.39 is 0 Å². The number of hydrogen-bond acceptors (Lipinski definition) is 3. The fourth-order valence-corrected chi connectivity index (χ4v) is 4.97. The lowest BCUT2D eigenvalue weighted by atomic mass is 9.94. The zero-order valence-electron chi connectivity index (χ0n) is 16.0. The molecule has 0 aliphatic carbocycles. The molecule has 0 radical (unpaired) electrons. The second-order valence-corrected chi connectivity index (χ2v) is 8.12. The molecule has 0 bridgehead atoms. The van der Waals surface area contributed by atoms with Crippen LogP contribution in [-0.2, 0) is 13.1 Å². The molecular weight excluding hydrogens is 320 g/mol. The quantitative estimate of drug-likeness (QED) is 0.669. The van der Waals surface area contributed by atoms with E-state index >= 15 is 0 Å². The molecule has 0 amide bonds. The van der Waals surface area contributed by atoms with Crippen LogP contribution < -0.4 is 0 Å². The zero-order valence-corrected chi connectivity index (χ0v) is 16.0. The fourth-order valence-electron chi connectivity index (χ4n) is 4.97. The molecule has 2 atom stereocenters. The molecule has 1 aromatic carbocycles. The highest BCUT2D eigenvalue weighted by Crippen LogP contribution is 2.44. The minimum Gasteiger partial charge on any atom is -0.341 e. The topological polar surface area (TPSA) is 24.3 Å². The Kier molecular flexibility index (Phi) is 3.49. The molecular formula is C22H26N4. The first-order chi connectivity index (χ1) is 12.5. The Balaban J connectivity index is 1.73. The van der Waals surface area contributed by atoms with E-state index in [1.807, 2.05) is 6.20 Å². The molecule has 2 aliphatic rings. The van der Waals surface area contributed by atoms with E-state index in [1.54, 1.807) is 0 Å². The second-order valence-electron chi connectivity index (χ2n) is 8.12. The Morgan fingerprint density at radius 3 is 2.65 bits per heavy atom. The maximum Gasteiger partial charge on any atom is 0.0635 e. The number of rotatable bonds is 1. The van der Waals surface area contributed by atoms with E-state index in [9.17, 15) is 0 Å². The third-order valence-electron chi connectivity index (χ3n) is 6.24. The Hall–Kier alpha value is -2.17. The molecule has 2 aromatic heterocycles. The van der Waals surface area contributed by atoms with E-state index in [-0.39, 0.29) is 0 Å². The predicted octanol–water partition coefficient (Wildman–Crippen LogP) is 3.83. The smallest absolute Gasteiger partial charge is 0.0635 e. The molecule has 134 valence electrons. The van der Waals surface area contributed by atoms with Gasteiger partial charge in [0.2, 0.25) is 0 Å². The van der Waals surface area contributed by atoms with Crippen LogP contribution in [0.4, 0.5) is 0 Å². The Bertz CT molecular complexity index is 1000. The summed E-state index contributed by atoms with van der Waals surface area (Å²) in [6.07, 6.45) is 1.95. The summed E-state index contributed by atoms with van der Waals surface area (Å²) >= 11 is 0. The summed E-state index contributed by atoms with van der Waals surface area (Å²) in [7, 11) is 4.54. The average Bonchev–Trinajstić information content (AvgIpc) is 2.91. The van der Waals surface area contributed by atoms with Crippen LogP contribution in [0.2, 0.25) is 0 Å². The van der Waals surface area contributed by atoms with E-state index in [1.165, 1.54) is 33.3 Å². The van der Waals surface area contributed by atoms with Crippen molar-refractivity contribution in [3.63, 3.8) is 0 Å². The van der Waals surface area contributed by atoms with Gasteiger partial charge < -0.3 is 9.47 Å². The summed E-state index contributed by atoms with van der Waals surface area (Å²) in [5, 5.41) is 1.44. The molecule has 0 N–H and O–H groups in total. The third-order valence-corrected chi connectivity index (χ3v) is 6.24. The maximum atomic E-state index is 4.40. The molecule has 4 heteroatoms. The van der Waals surface area contributed by atoms with Gasteiger partial charge in [0.05, 0.1) is 12.1 Å². The minimum absolute atomic E-state index is 0.380. The monoisotopic (exact) mass is 346 g/mol. The summed E-state index contributed by atoms with van der Waals surface area (Å²) in [6.45, 7) is 7.42. The Morgan fingerprint density at radius 2 is 1.85 bits per heavy atom. The van der Waals surface area contributed by atoms with E-state index in [0.717, 1.165) is 25.3 Å². The number of hydrogen-bond donors (Lipinski definition) is 0. The van der Waals surface area contributed by atoms with Gasteiger partial charge in [0, 0.05) is 48.1 Å². The zero-order chi connectivity index (χ0) is 18.0. The SMILES string of the molecule is Cc1ccc2c(c1)c1c3n2CC(c2ccnc(C)c2)N(C)C3CN(C)C1. The van der Waals surface area contributed by atoms with Crippen molar-refractivity contribution in [2.75, 3.05) is 20.6 Å². The van der Waals surface area contributed by atoms with Crippen LogP contribution >= 0.6 is 0 Å².